The van der Waals surface area contributed by atoms with Gasteiger partial charge in [-0.3, -0.25) is 9.79 Å². The van der Waals surface area contributed by atoms with Crippen LogP contribution in [0.4, 0.5) is 0 Å². The van der Waals surface area contributed by atoms with Crippen molar-refractivity contribution < 1.29 is 14.6 Å². The van der Waals surface area contributed by atoms with Crippen molar-refractivity contribution in [2.45, 2.75) is 6.42 Å². The molecule has 0 unspecified atom stereocenters. The standard InChI is InChI=1S/C11H13NO3/c1-15-10-4-2-9(3-5-10)8-12-7-6-11(13)14/h2-5,8H,6-7H2,1H3,(H,13,14). The van der Waals surface area contributed by atoms with E-state index in [1.54, 1.807) is 13.3 Å². The predicted molar refractivity (Wildman–Crippen MR) is 57.7 cm³/mol. The van der Waals surface area contributed by atoms with E-state index in [0.29, 0.717) is 6.54 Å². The third-order valence-electron chi connectivity index (χ3n) is 1.81. The number of carboxylic acids is 1. The molecule has 0 heterocycles. The van der Waals surface area contributed by atoms with Gasteiger partial charge in [0.1, 0.15) is 5.75 Å². The largest absolute Gasteiger partial charge is 0.497 e. The summed E-state index contributed by atoms with van der Waals surface area (Å²) in [5.74, 6) is -0.0421. The maximum atomic E-state index is 10.2. The number of benzene rings is 1. The van der Waals surface area contributed by atoms with Gasteiger partial charge in [-0.05, 0) is 29.8 Å². The topological polar surface area (TPSA) is 58.9 Å². The summed E-state index contributed by atoms with van der Waals surface area (Å²) in [6.07, 6.45) is 1.72. The molecule has 0 aliphatic carbocycles. The molecule has 0 amide bonds. The van der Waals surface area contributed by atoms with E-state index in [2.05, 4.69) is 4.99 Å². The van der Waals surface area contributed by atoms with E-state index in [1.807, 2.05) is 24.3 Å². The van der Waals surface area contributed by atoms with E-state index >= 15 is 0 Å². The monoisotopic (exact) mass is 207 g/mol. The van der Waals surface area contributed by atoms with Crippen molar-refractivity contribution in [2.75, 3.05) is 13.7 Å². The summed E-state index contributed by atoms with van der Waals surface area (Å²) in [5, 5.41) is 8.39. The van der Waals surface area contributed by atoms with Gasteiger partial charge in [-0.2, -0.15) is 0 Å². The van der Waals surface area contributed by atoms with E-state index in [4.69, 9.17) is 9.84 Å². The molecule has 0 aliphatic heterocycles. The molecule has 4 heteroatoms. The summed E-state index contributed by atoms with van der Waals surface area (Å²) in [4.78, 5) is 14.2. The zero-order valence-electron chi connectivity index (χ0n) is 8.51. The third kappa shape index (κ3) is 4.26. The van der Waals surface area contributed by atoms with Crippen LogP contribution in [0.5, 0.6) is 5.75 Å². The number of hydrogen-bond acceptors (Lipinski definition) is 3. The minimum Gasteiger partial charge on any atom is -0.497 e. The van der Waals surface area contributed by atoms with Crippen molar-refractivity contribution in [3.05, 3.63) is 29.8 Å². The average molecular weight is 207 g/mol. The third-order valence-corrected chi connectivity index (χ3v) is 1.81. The van der Waals surface area contributed by atoms with Gasteiger partial charge in [-0.1, -0.05) is 0 Å². The molecule has 0 radical (unpaired) electrons. The van der Waals surface area contributed by atoms with Crippen molar-refractivity contribution in [3.63, 3.8) is 0 Å². The Morgan fingerprint density at radius 2 is 2.13 bits per heavy atom. The molecule has 4 nitrogen and oxygen atoms in total. The molecule has 15 heavy (non-hydrogen) atoms. The number of aliphatic carboxylic acids is 1. The first-order valence-corrected chi connectivity index (χ1v) is 4.58. The van der Waals surface area contributed by atoms with Crippen LogP contribution < -0.4 is 4.74 Å². The molecular weight excluding hydrogens is 194 g/mol. The molecule has 0 atom stereocenters. The normalized spacial score (nSPS) is 10.5. The highest BCUT2D eigenvalue weighted by molar-refractivity contribution is 5.80. The van der Waals surface area contributed by atoms with Gasteiger partial charge in [0.25, 0.3) is 0 Å². The van der Waals surface area contributed by atoms with Gasteiger partial charge in [-0.25, -0.2) is 0 Å². The van der Waals surface area contributed by atoms with Gasteiger partial charge in [0.2, 0.25) is 0 Å². The lowest BCUT2D eigenvalue weighted by molar-refractivity contribution is -0.136. The molecule has 0 aliphatic rings. The number of aliphatic imine (C=N–C) groups is 1. The summed E-state index contributed by atoms with van der Waals surface area (Å²) in [5.41, 5.74) is 0.932. The summed E-state index contributed by atoms with van der Waals surface area (Å²) in [6.45, 7) is 0.307. The minimum atomic E-state index is -0.832. The van der Waals surface area contributed by atoms with Crippen LogP contribution in [0.3, 0.4) is 0 Å². The lowest BCUT2D eigenvalue weighted by atomic mass is 10.2. The molecule has 0 saturated carbocycles. The van der Waals surface area contributed by atoms with Gasteiger partial charge in [-0.15, -0.1) is 0 Å². The van der Waals surface area contributed by atoms with Crippen LogP contribution in [0.15, 0.2) is 29.3 Å². The molecule has 0 bridgehead atoms. The molecule has 0 saturated heterocycles. The summed E-state index contributed by atoms with van der Waals surface area (Å²) >= 11 is 0. The van der Waals surface area contributed by atoms with Crippen LogP contribution in [0.1, 0.15) is 12.0 Å². The molecule has 1 aromatic carbocycles. The Hall–Kier alpha value is -1.84. The maximum Gasteiger partial charge on any atom is 0.305 e. The van der Waals surface area contributed by atoms with Gasteiger partial charge < -0.3 is 9.84 Å². The van der Waals surface area contributed by atoms with Gasteiger partial charge in [0.05, 0.1) is 13.5 Å². The van der Waals surface area contributed by atoms with E-state index in [9.17, 15) is 4.79 Å². The van der Waals surface area contributed by atoms with Crippen molar-refractivity contribution in [1.82, 2.24) is 0 Å². The zero-order valence-corrected chi connectivity index (χ0v) is 8.51. The second-order valence-corrected chi connectivity index (χ2v) is 2.95. The number of methoxy groups -OCH3 is 1. The first-order valence-electron chi connectivity index (χ1n) is 4.58. The number of ether oxygens (including phenoxy) is 1. The van der Waals surface area contributed by atoms with E-state index < -0.39 is 5.97 Å². The Kier molecular flexibility index (Phi) is 4.34. The van der Waals surface area contributed by atoms with Gasteiger partial charge in [0, 0.05) is 12.8 Å². The van der Waals surface area contributed by atoms with E-state index in [0.717, 1.165) is 11.3 Å². The molecule has 0 spiro atoms. The first kappa shape index (κ1) is 11.2. The SMILES string of the molecule is COc1ccc(C=NCCC(=O)O)cc1. The van der Waals surface area contributed by atoms with Crippen molar-refractivity contribution in [1.29, 1.82) is 0 Å². The average Bonchev–Trinajstić information content (AvgIpc) is 2.25. The van der Waals surface area contributed by atoms with Crippen LogP contribution in [-0.4, -0.2) is 30.9 Å². The highest BCUT2D eigenvalue weighted by Crippen LogP contribution is 2.09. The number of carboxylic acid groups (broad SMARTS) is 1. The number of carbonyl (C=O) groups is 1. The molecular formula is C11H13NO3. The Morgan fingerprint density at radius 3 is 2.67 bits per heavy atom. The van der Waals surface area contributed by atoms with Crippen molar-refractivity contribution >= 4 is 12.2 Å². The highest BCUT2D eigenvalue weighted by Gasteiger charge is 1.93. The molecule has 0 fully saturated rings. The fourth-order valence-corrected chi connectivity index (χ4v) is 1.02. The molecule has 1 N–H and O–H groups in total. The summed E-state index contributed by atoms with van der Waals surface area (Å²) in [7, 11) is 1.61. The van der Waals surface area contributed by atoms with Gasteiger partial charge in [0.15, 0.2) is 0 Å². The number of hydrogen-bond donors (Lipinski definition) is 1. The minimum absolute atomic E-state index is 0.0622. The van der Waals surface area contributed by atoms with Crippen LogP contribution in [0.2, 0.25) is 0 Å². The quantitative estimate of drug-likeness (QED) is 0.746. The summed E-state index contributed by atoms with van der Waals surface area (Å²) in [6, 6.07) is 7.39. The Bertz CT molecular complexity index is 343. The van der Waals surface area contributed by atoms with Gasteiger partial charge >= 0.3 is 5.97 Å². The van der Waals surface area contributed by atoms with Crippen LogP contribution in [0, 0.1) is 0 Å². The fraction of sp³-hybridized carbons (Fsp3) is 0.273. The number of nitrogens with zero attached hydrogens (tertiary/aromatic N) is 1. The Balaban J connectivity index is 2.46. The first-order chi connectivity index (χ1) is 7.22. The lowest BCUT2D eigenvalue weighted by Gasteiger charge is -1.98. The molecule has 0 aromatic heterocycles. The van der Waals surface area contributed by atoms with Crippen LogP contribution in [0.25, 0.3) is 0 Å². The lowest BCUT2D eigenvalue weighted by Crippen LogP contribution is -1.96. The maximum absolute atomic E-state index is 10.2. The number of rotatable bonds is 5. The smallest absolute Gasteiger partial charge is 0.305 e. The summed E-state index contributed by atoms with van der Waals surface area (Å²) < 4.78 is 5.00. The van der Waals surface area contributed by atoms with E-state index in [-0.39, 0.29) is 6.42 Å². The Morgan fingerprint density at radius 1 is 1.47 bits per heavy atom. The van der Waals surface area contributed by atoms with Crippen LogP contribution >= 0.6 is 0 Å². The molecule has 1 rings (SSSR count). The highest BCUT2D eigenvalue weighted by atomic mass is 16.5. The van der Waals surface area contributed by atoms with Crippen LogP contribution in [-0.2, 0) is 4.79 Å². The van der Waals surface area contributed by atoms with Crippen molar-refractivity contribution in [2.24, 2.45) is 4.99 Å². The Labute approximate surface area is 88.2 Å². The predicted octanol–water partition coefficient (Wildman–Crippen LogP) is 1.59. The molecule has 1 aromatic rings. The fourth-order valence-electron chi connectivity index (χ4n) is 1.02. The van der Waals surface area contributed by atoms with E-state index in [1.165, 1.54) is 0 Å². The zero-order chi connectivity index (χ0) is 11.1. The second kappa shape index (κ2) is 5.80. The van der Waals surface area contributed by atoms with Crippen molar-refractivity contribution in [3.8, 4) is 5.75 Å². The molecule has 80 valence electrons. The second-order valence-electron chi connectivity index (χ2n) is 2.95.